The molecule has 1 fully saturated rings. The maximum absolute atomic E-state index is 11.5. The lowest BCUT2D eigenvalue weighted by Crippen LogP contribution is -2.23. The highest BCUT2D eigenvalue weighted by Gasteiger charge is 2.28. The number of pyridine rings is 1. The van der Waals surface area contributed by atoms with Crippen molar-refractivity contribution in [3.05, 3.63) is 23.9 Å². The van der Waals surface area contributed by atoms with E-state index in [1.807, 2.05) is 0 Å². The number of sulfone groups is 1. The minimum atomic E-state index is -2.96. The van der Waals surface area contributed by atoms with E-state index in [-0.39, 0.29) is 17.5 Å². The molecule has 7 heteroatoms. The van der Waals surface area contributed by atoms with Gasteiger partial charge in [-0.2, -0.15) is 0 Å². The van der Waals surface area contributed by atoms with Crippen LogP contribution in [0, 0.1) is 0 Å². The normalized spacial score (nSPS) is 21.5. The zero-order valence-corrected chi connectivity index (χ0v) is 10.7. The average molecular weight is 270 g/mol. The molecule has 0 spiro atoms. The van der Waals surface area contributed by atoms with Crippen LogP contribution in [0.1, 0.15) is 16.8 Å². The summed E-state index contributed by atoms with van der Waals surface area (Å²) in [7, 11) is -1.67. The van der Waals surface area contributed by atoms with Gasteiger partial charge in [-0.05, 0) is 18.6 Å². The van der Waals surface area contributed by atoms with Gasteiger partial charge < -0.3 is 10.1 Å². The zero-order chi connectivity index (χ0) is 13.2. The molecular formula is C11H14N2O4S. The summed E-state index contributed by atoms with van der Waals surface area (Å²) in [6.45, 7) is 0. The van der Waals surface area contributed by atoms with Crippen molar-refractivity contribution in [2.45, 2.75) is 12.5 Å². The summed E-state index contributed by atoms with van der Waals surface area (Å²) in [4.78, 5) is 15.6. The monoisotopic (exact) mass is 270 g/mol. The SMILES string of the molecule is COC(=O)c1cccnc1NC1CCS(=O)(=O)C1. The van der Waals surface area contributed by atoms with Crippen molar-refractivity contribution >= 4 is 21.6 Å². The second kappa shape index (κ2) is 4.93. The van der Waals surface area contributed by atoms with Crippen LogP contribution in [0.2, 0.25) is 0 Å². The fourth-order valence-electron chi connectivity index (χ4n) is 1.90. The number of nitrogens with one attached hydrogen (secondary N) is 1. The smallest absolute Gasteiger partial charge is 0.341 e. The number of nitrogens with zero attached hydrogens (tertiary/aromatic N) is 1. The van der Waals surface area contributed by atoms with Gasteiger partial charge >= 0.3 is 5.97 Å². The van der Waals surface area contributed by atoms with Crippen molar-refractivity contribution in [2.75, 3.05) is 23.9 Å². The highest BCUT2D eigenvalue weighted by Crippen LogP contribution is 2.19. The predicted molar refractivity (Wildman–Crippen MR) is 66.3 cm³/mol. The minimum Gasteiger partial charge on any atom is -0.465 e. The summed E-state index contributed by atoms with van der Waals surface area (Å²) in [5, 5.41) is 2.99. The first-order valence-electron chi connectivity index (χ1n) is 5.52. The maximum Gasteiger partial charge on any atom is 0.341 e. The van der Waals surface area contributed by atoms with E-state index in [0.717, 1.165) is 0 Å². The van der Waals surface area contributed by atoms with E-state index in [2.05, 4.69) is 15.0 Å². The van der Waals surface area contributed by atoms with E-state index < -0.39 is 15.8 Å². The van der Waals surface area contributed by atoms with Gasteiger partial charge in [0.05, 0.1) is 18.6 Å². The third kappa shape index (κ3) is 2.79. The Hall–Kier alpha value is -1.63. The van der Waals surface area contributed by atoms with Crippen molar-refractivity contribution in [3.63, 3.8) is 0 Å². The van der Waals surface area contributed by atoms with Gasteiger partial charge in [0.15, 0.2) is 9.84 Å². The lowest BCUT2D eigenvalue weighted by molar-refractivity contribution is 0.0601. The number of rotatable bonds is 3. The summed E-state index contributed by atoms with van der Waals surface area (Å²) in [5.41, 5.74) is 0.310. The van der Waals surface area contributed by atoms with Crippen molar-refractivity contribution < 1.29 is 17.9 Å². The third-order valence-electron chi connectivity index (χ3n) is 2.79. The Labute approximate surface area is 105 Å². The number of esters is 1. The van der Waals surface area contributed by atoms with Gasteiger partial charge in [-0.3, -0.25) is 0 Å². The minimum absolute atomic E-state index is 0.0736. The molecule has 0 bridgehead atoms. The van der Waals surface area contributed by atoms with E-state index >= 15 is 0 Å². The first-order chi connectivity index (χ1) is 8.52. The van der Waals surface area contributed by atoms with Crippen LogP contribution in [0.3, 0.4) is 0 Å². The summed E-state index contributed by atoms with van der Waals surface area (Å²) < 4.78 is 27.4. The Morgan fingerprint density at radius 3 is 2.94 bits per heavy atom. The molecule has 1 aliphatic rings. The molecule has 1 aromatic rings. The van der Waals surface area contributed by atoms with E-state index in [1.165, 1.54) is 13.3 Å². The molecule has 1 aliphatic heterocycles. The van der Waals surface area contributed by atoms with Crippen molar-refractivity contribution in [1.29, 1.82) is 0 Å². The van der Waals surface area contributed by atoms with Crippen molar-refractivity contribution in [2.24, 2.45) is 0 Å². The molecule has 0 aliphatic carbocycles. The summed E-state index contributed by atoms with van der Waals surface area (Å²) >= 11 is 0. The number of aromatic nitrogens is 1. The molecule has 1 saturated heterocycles. The Kier molecular flexibility index (Phi) is 3.51. The zero-order valence-electron chi connectivity index (χ0n) is 9.92. The number of anilines is 1. The number of carbonyl (C=O) groups is 1. The van der Waals surface area contributed by atoms with Gasteiger partial charge in [0, 0.05) is 12.2 Å². The van der Waals surface area contributed by atoms with Crippen LogP contribution in [0.4, 0.5) is 5.82 Å². The molecule has 0 saturated carbocycles. The van der Waals surface area contributed by atoms with Crippen molar-refractivity contribution in [3.8, 4) is 0 Å². The van der Waals surface area contributed by atoms with Crippen LogP contribution in [0.5, 0.6) is 0 Å². The highest BCUT2D eigenvalue weighted by molar-refractivity contribution is 7.91. The highest BCUT2D eigenvalue weighted by atomic mass is 32.2. The molecule has 0 amide bonds. The Balaban J connectivity index is 2.17. The molecule has 2 heterocycles. The maximum atomic E-state index is 11.5. The summed E-state index contributed by atoms with van der Waals surface area (Å²) in [6.07, 6.45) is 2.07. The number of hydrogen-bond acceptors (Lipinski definition) is 6. The van der Waals surface area contributed by atoms with Gasteiger partial charge in [0.25, 0.3) is 0 Å². The van der Waals surface area contributed by atoms with E-state index in [9.17, 15) is 13.2 Å². The average Bonchev–Trinajstić information content (AvgIpc) is 2.68. The van der Waals surface area contributed by atoms with Crippen LogP contribution in [0.15, 0.2) is 18.3 Å². The standard InChI is InChI=1S/C11H14N2O4S/c1-17-11(14)9-3-2-5-12-10(9)13-8-4-6-18(15,16)7-8/h2-3,5,8H,4,6-7H2,1H3,(H,12,13). The molecule has 1 unspecified atom stereocenters. The van der Waals surface area contributed by atoms with Gasteiger partial charge in [0.2, 0.25) is 0 Å². The molecule has 18 heavy (non-hydrogen) atoms. The largest absolute Gasteiger partial charge is 0.465 e. The topological polar surface area (TPSA) is 85.4 Å². The summed E-state index contributed by atoms with van der Waals surface area (Å²) in [6, 6.07) is 3.02. The third-order valence-corrected chi connectivity index (χ3v) is 4.55. The molecule has 1 N–H and O–H groups in total. The molecule has 1 aromatic heterocycles. The number of ether oxygens (including phenoxy) is 1. The fourth-order valence-corrected chi connectivity index (χ4v) is 3.57. The van der Waals surface area contributed by atoms with Gasteiger partial charge in [0.1, 0.15) is 11.4 Å². The predicted octanol–water partition coefficient (Wildman–Crippen LogP) is 0.467. The van der Waals surface area contributed by atoms with Gasteiger partial charge in [-0.1, -0.05) is 0 Å². The first-order valence-corrected chi connectivity index (χ1v) is 7.34. The molecule has 2 rings (SSSR count). The Morgan fingerprint density at radius 1 is 1.56 bits per heavy atom. The molecule has 1 atom stereocenters. The molecule has 6 nitrogen and oxygen atoms in total. The van der Waals surface area contributed by atoms with Crippen LogP contribution in [-0.2, 0) is 14.6 Å². The molecule has 0 radical (unpaired) electrons. The quantitative estimate of drug-likeness (QED) is 0.803. The Bertz CT molecular complexity index is 556. The Morgan fingerprint density at radius 2 is 2.33 bits per heavy atom. The number of carbonyl (C=O) groups excluding carboxylic acids is 1. The second-order valence-corrected chi connectivity index (χ2v) is 6.36. The molecule has 0 aromatic carbocycles. The van der Waals surface area contributed by atoms with Crippen LogP contribution in [0.25, 0.3) is 0 Å². The lowest BCUT2D eigenvalue weighted by Gasteiger charge is -2.13. The number of hydrogen-bond donors (Lipinski definition) is 1. The molecular weight excluding hydrogens is 256 g/mol. The lowest BCUT2D eigenvalue weighted by atomic mass is 10.2. The van der Waals surface area contributed by atoms with Gasteiger partial charge in [-0.15, -0.1) is 0 Å². The summed E-state index contributed by atoms with van der Waals surface area (Å²) in [5.74, 6) is 0.118. The van der Waals surface area contributed by atoms with E-state index in [0.29, 0.717) is 17.8 Å². The van der Waals surface area contributed by atoms with Crippen LogP contribution in [-0.4, -0.2) is 44.0 Å². The fraction of sp³-hybridized carbons (Fsp3) is 0.455. The second-order valence-electron chi connectivity index (χ2n) is 4.14. The van der Waals surface area contributed by atoms with E-state index in [4.69, 9.17) is 0 Å². The number of methoxy groups -OCH3 is 1. The van der Waals surface area contributed by atoms with Crippen molar-refractivity contribution in [1.82, 2.24) is 4.98 Å². The van der Waals surface area contributed by atoms with Gasteiger partial charge in [-0.25, -0.2) is 18.2 Å². The molecule has 98 valence electrons. The van der Waals surface area contributed by atoms with E-state index in [1.54, 1.807) is 12.1 Å². The van der Waals surface area contributed by atoms with Crippen LogP contribution >= 0.6 is 0 Å². The van der Waals surface area contributed by atoms with Crippen LogP contribution < -0.4 is 5.32 Å². The first kappa shape index (κ1) is 12.8.